The lowest BCUT2D eigenvalue weighted by Crippen LogP contribution is -2.18. The van der Waals surface area contributed by atoms with E-state index in [4.69, 9.17) is 23.2 Å². The van der Waals surface area contributed by atoms with E-state index >= 15 is 0 Å². The zero-order valence-corrected chi connectivity index (χ0v) is 12.6. The highest BCUT2D eigenvalue weighted by molar-refractivity contribution is 6.31. The molecule has 2 aromatic rings. The van der Waals surface area contributed by atoms with Crippen LogP contribution < -0.4 is 5.32 Å². The summed E-state index contributed by atoms with van der Waals surface area (Å²) in [6, 6.07) is 14.2. The first kappa shape index (κ1) is 14.4. The third-order valence-corrected chi connectivity index (χ3v) is 3.97. The van der Waals surface area contributed by atoms with Crippen LogP contribution in [-0.4, -0.2) is 0 Å². The van der Waals surface area contributed by atoms with Gasteiger partial charge in [0.05, 0.1) is 0 Å². The van der Waals surface area contributed by atoms with E-state index in [2.05, 4.69) is 18.3 Å². The van der Waals surface area contributed by atoms with E-state index in [-0.39, 0.29) is 6.04 Å². The minimum Gasteiger partial charge on any atom is -0.306 e. The fourth-order valence-electron chi connectivity index (χ4n) is 1.95. The molecule has 0 unspecified atom stereocenters. The van der Waals surface area contributed by atoms with Gasteiger partial charge in [-0.3, -0.25) is 0 Å². The summed E-state index contributed by atoms with van der Waals surface area (Å²) in [5, 5.41) is 5.07. The van der Waals surface area contributed by atoms with E-state index in [1.165, 1.54) is 5.56 Å². The third-order valence-electron chi connectivity index (χ3n) is 3.22. The van der Waals surface area contributed by atoms with Gasteiger partial charge in [-0.15, -0.1) is 0 Å². The van der Waals surface area contributed by atoms with Crippen molar-refractivity contribution in [2.75, 3.05) is 0 Å². The molecule has 0 heterocycles. The van der Waals surface area contributed by atoms with Gasteiger partial charge in [-0.1, -0.05) is 53.5 Å². The molecule has 1 N–H and O–H groups in total. The Morgan fingerprint density at radius 1 is 1.05 bits per heavy atom. The zero-order valence-electron chi connectivity index (χ0n) is 11.1. The monoisotopic (exact) mass is 293 g/mol. The maximum absolute atomic E-state index is 6.19. The van der Waals surface area contributed by atoms with Crippen LogP contribution in [0.5, 0.6) is 0 Å². The molecular formula is C16H17Cl2N. The molecule has 0 radical (unpaired) electrons. The van der Waals surface area contributed by atoms with Crippen molar-refractivity contribution in [3.8, 4) is 0 Å². The SMILES string of the molecule is Cc1ccc(CN[C@@H](C)c2ccccc2Cl)cc1Cl. The molecule has 0 saturated carbocycles. The summed E-state index contributed by atoms with van der Waals surface area (Å²) >= 11 is 12.3. The van der Waals surface area contributed by atoms with Crippen LogP contribution in [0.15, 0.2) is 42.5 Å². The molecule has 1 atom stereocenters. The summed E-state index contributed by atoms with van der Waals surface area (Å²) in [6.45, 7) is 4.88. The van der Waals surface area contributed by atoms with Crippen LogP contribution in [0.2, 0.25) is 10.0 Å². The van der Waals surface area contributed by atoms with E-state index in [9.17, 15) is 0 Å². The van der Waals surface area contributed by atoms with Crippen molar-refractivity contribution in [2.45, 2.75) is 26.4 Å². The van der Waals surface area contributed by atoms with Crippen molar-refractivity contribution in [3.05, 3.63) is 69.2 Å². The topological polar surface area (TPSA) is 12.0 Å². The van der Waals surface area contributed by atoms with Gasteiger partial charge in [-0.05, 0) is 42.7 Å². The van der Waals surface area contributed by atoms with Gasteiger partial charge in [0.2, 0.25) is 0 Å². The molecule has 2 aromatic carbocycles. The van der Waals surface area contributed by atoms with Crippen molar-refractivity contribution in [1.29, 1.82) is 0 Å². The lowest BCUT2D eigenvalue weighted by Gasteiger charge is -2.16. The van der Waals surface area contributed by atoms with E-state index < -0.39 is 0 Å². The number of benzene rings is 2. The second-order valence-electron chi connectivity index (χ2n) is 4.71. The van der Waals surface area contributed by atoms with Crippen LogP contribution in [-0.2, 0) is 6.54 Å². The van der Waals surface area contributed by atoms with Gasteiger partial charge in [-0.2, -0.15) is 0 Å². The summed E-state index contributed by atoms with van der Waals surface area (Å²) in [5.41, 5.74) is 3.39. The number of nitrogens with one attached hydrogen (secondary N) is 1. The highest BCUT2D eigenvalue weighted by Gasteiger charge is 2.08. The van der Waals surface area contributed by atoms with Crippen molar-refractivity contribution in [2.24, 2.45) is 0 Å². The van der Waals surface area contributed by atoms with Gasteiger partial charge in [0, 0.05) is 22.6 Å². The van der Waals surface area contributed by atoms with Crippen LogP contribution in [0, 0.1) is 6.92 Å². The molecule has 19 heavy (non-hydrogen) atoms. The molecule has 0 aliphatic heterocycles. The molecule has 0 bridgehead atoms. The Labute approximate surface area is 124 Å². The first-order chi connectivity index (χ1) is 9.08. The molecule has 3 heteroatoms. The zero-order chi connectivity index (χ0) is 13.8. The largest absolute Gasteiger partial charge is 0.306 e. The number of hydrogen-bond donors (Lipinski definition) is 1. The Morgan fingerprint density at radius 3 is 2.47 bits per heavy atom. The molecule has 100 valence electrons. The smallest absolute Gasteiger partial charge is 0.0453 e. The summed E-state index contributed by atoms with van der Waals surface area (Å²) in [5.74, 6) is 0. The van der Waals surface area contributed by atoms with Crippen molar-refractivity contribution in [3.63, 3.8) is 0 Å². The van der Waals surface area contributed by atoms with Crippen molar-refractivity contribution in [1.82, 2.24) is 5.32 Å². The molecule has 0 spiro atoms. The number of halogens is 2. The molecule has 0 amide bonds. The molecule has 0 fully saturated rings. The van der Waals surface area contributed by atoms with Crippen LogP contribution >= 0.6 is 23.2 Å². The molecule has 0 saturated heterocycles. The Hall–Kier alpha value is -1.02. The van der Waals surface area contributed by atoms with Gasteiger partial charge in [0.25, 0.3) is 0 Å². The molecule has 1 nitrogen and oxygen atoms in total. The summed E-state index contributed by atoms with van der Waals surface area (Å²) in [4.78, 5) is 0. The normalized spacial score (nSPS) is 12.4. The molecule has 0 aliphatic carbocycles. The van der Waals surface area contributed by atoms with E-state index in [0.717, 1.165) is 27.7 Å². The van der Waals surface area contributed by atoms with Gasteiger partial charge in [0.1, 0.15) is 0 Å². The fraction of sp³-hybridized carbons (Fsp3) is 0.250. The quantitative estimate of drug-likeness (QED) is 0.822. The van der Waals surface area contributed by atoms with Gasteiger partial charge >= 0.3 is 0 Å². The Bertz CT molecular complexity index is 566. The number of aryl methyl sites for hydroxylation is 1. The molecule has 0 aliphatic rings. The molecule has 2 rings (SSSR count). The van der Waals surface area contributed by atoms with Gasteiger partial charge in [-0.25, -0.2) is 0 Å². The van der Waals surface area contributed by atoms with Crippen LogP contribution in [0.1, 0.15) is 29.7 Å². The Morgan fingerprint density at radius 2 is 1.79 bits per heavy atom. The van der Waals surface area contributed by atoms with Crippen LogP contribution in [0.4, 0.5) is 0 Å². The average Bonchev–Trinajstić information content (AvgIpc) is 2.40. The van der Waals surface area contributed by atoms with Crippen LogP contribution in [0.25, 0.3) is 0 Å². The lowest BCUT2D eigenvalue weighted by atomic mass is 10.1. The average molecular weight is 294 g/mol. The summed E-state index contributed by atoms with van der Waals surface area (Å²) in [6.07, 6.45) is 0. The van der Waals surface area contributed by atoms with E-state index in [1.54, 1.807) is 0 Å². The standard InChI is InChI=1S/C16H17Cl2N/c1-11-7-8-13(9-16(11)18)10-19-12(2)14-5-3-4-6-15(14)17/h3-9,12,19H,10H2,1-2H3/t12-/m0/s1. The third kappa shape index (κ3) is 3.73. The Kier molecular flexibility index (Phi) is 4.87. The highest BCUT2D eigenvalue weighted by Crippen LogP contribution is 2.23. The van der Waals surface area contributed by atoms with E-state index in [1.807, 2.05) is 43.3 Å². The van der Waals surface area contributed by atoms with Gasteiger partial charge < -0.3 is 5.32 Å². The minimum absolute atomic E-state index is 0.203. The summed E-state index contributed by atoms with van der Waals surface area (Å²) < 4.78 is 0. The maximum atomic E-state index is 6.19. The minimum atomic E-state index is 0.203. The summed E-state index contributed by atoms with van der Waals surface area (Å²) in [7, 11) is 0. The first-order valence-corrected chi connectivity index (χ1v) is 7.06. The van der Waals surface area contributed by atoms with Crippen LogP contribution in [0.3, 0.4) is 0 Å². The molecular weight excluding hydrogens is 277 g/mol. The first-order valence-electron chi connectivity index (χ1n) is 6.31. The van der Waals surface area contributed by atoms with Gasteiger partial charge in [0.15, 0.2) is 0 Å². The second-order valence-corrected chi connectivity index (χ2v) is 5.52. The lowest BCUT2D eigenvalue weighted by molar-refractivity contribution is 0.575. The van der Waals surface area contributed by atoms with Crippen molar-refractivity contribution < 1.29 is 0 Å². The van der Waals surface area contributed by atoms with Crippen molar-refractivity contribution >= 4 is 23.2 Å². The number of rotatable bonds is 4. The Balaban J connectivity index is 2.02. The number of hydrogen-bond acceptors (Lipinski definition) is 1. The molecule has 0 aromatic heterocycles. The second kappa shape index (κ2) is 6.42. The predicted octanol–water partition coefficient (Wildman–Crippen LogP) is 5.15. The maximum Gasteiger partial charge on any atom is 0.0453 e. The highest BCUT2D eigenvalue weighted by atomic mass is 35.5. The predicted molar refractivity (Wildman–Crippen MR) is 82.9 cm³/mol. The van der Waals surface area contributed by atoms with E-state index in [0.29, 0.717) is 0 Å². The fourth-order valence-corrected chi connectivity index (χ4v) is 2.46.